The number of nitrogens with one attached hydrogen (secondary N) is 1. The van der Waals surface area contributed by atoms with Crippen molar-refractivity contribution < 1.29 is 18.9 Å². The van der Waals surface area contributed by atoms with Crippen molar-refractivity contribution in [2.24, 2.45) is 5.92 Å². The molecule has 2 aliphatic rings. The summed E-state index contributed by atoms with van der Waals surface area (Å²) >= 11 is 0. The predicted octanol–water partition coefficient (Wildman–Crippen LogP) is 3.20. The molecule has 1 saturated carbocycles. The highest BCUT2D eigenvalue weighted by atomic mass is 16.5. The van der Waals surface area contributed by atoms with E-state index >= 15 is 0 Å². The molecule has 29 heavy (non-hydrogen) atoms. The van der Waals surface area contributed by atoms with E-state index in [4.69, 9.17) is 4.74 Å². The number of carbonyl (C=O) groups is 2. The summed E-state index contributed by atoms with van der Waals surface area (Å²) in [5.41, 5.74) is 4.02. The molecule has 0 bridgehead atoms. The van der Waals surface area contributed by atoms with Gasteiger partial charge in [0, 0.05) is 42.9 Å². The van der Waals surface area contributed by atoms with Gasteiger partial charge in [0.15, 0.2) is 18.5 Å². The topological polar surface area (TPSA) is 65.4 Å². The average molecular weight is 394 g/mol. The second-order valence-electron chi connectivity index (χ2n) is 8.30. The van der Waals surface area contributed by atoms with Crippen LogP contribution in [0.25, 0.3) is 0 Å². The molecule has 1 aromatic heterocycles. The van der Waals surface area contributed by atoms with E-state index in [2.05, 4.69) is 4.98 Å². The molecule has 1 aliphatic carbocycles. The third kappa shape index (κ3) is 3.71. The highest BCUT2D eigenvalue weighted by Crippen LogP contribution is 2.37. The van der Waals surface area contributed by atoms with E-state index in [0.717, 1.165) is 35.7 Å². The van der Waals surface area contributed by atoms with Gasteiger partial charge in [0.2, 0.25) is 0 Å². The number of ether oxygens (including phenoxy) is 1. The highest BCUT2D eigenvalue weighted by molar-refractivity contribution is 5.97. The Balaban J connectivity index is 1.80. The maximum Gasteiger partial charge on any atom is 0.435 e. The van der Waals surface area contributed by atoms with Crippen LogP contribution in [0.5, 0.6) is 5.75 Å². The molecular formula is C23H28N3O3+. The molecule has 152 valence electrons. The zero-order valence-corrected chi connectivity index (χ0v) is 17.5. The molecule has 1 unspecified atom stereocenters. The highest BCUT2D eigenvalue weighted by Gasteiger charge is 2.38. The van der Waals surface area contributed by atoms with Crippen LogP contribution in [-0.4, -0.2) is 60.2 Å². The van der Waals surface area contributed by atoms with Gasteiger partial charge in [0.1, 0.15) is 5.75 Å². The number of amides is 2. The van der Waals surface area contributed by atoms with E-state index in [1.807, 2.05) is 35.9 Å². The molecule has 2 amide bonds. The summed E-state index contributed by atoms with van der Waals surface area (Å²) in [4.78, 5) is 30.4. The van der Waals surface area contributed by atoms with Gasteiger partial charge in [-0.15, -0.1) is 0 Å². The minimum Gasteiger partial charge on any atom is -0.496 e. The molecule has 1 N–H and O–H groups in total. The van der Waals surface area contributed by atoms with Crippen LogP contribution in [0.2, 0.25) is 0 Å². The van der Waals surface area contributed by atoms with Gasteiger partial charge < -0.3 is 14.6 Å². The van der Waals surface area contributed by atoms with E-state index in [0.29, 0.717) is 17.0 Å². The first-order valence-corrected chi connectivity index (χ1v) is 10.1. The number of hydrogen-bond acceptors (Lipinski definition) is 3. The van der Waals surface area contributed by atoms with Crippen molar-refractivity contribution in [3.63, 3.8) is 0 Å². The molecule has 0 saturated heterocycles. The Morgan fingerprint density at radius 3 is 2.66 bits per heavy atom. The summed E-state index contributed by atoms with van der Waals surface area (Å²) in [6.45, 7) is 2.68. The summed E-state index contributed by atoms with van der Waals surface area (Å²) in [5.74, 6) is 1.26. The predicted molar refractivity (Wildman–Crippen MR) is 111 cm³/mol. The first kappa shape index (κ1) is 19.4. The van der Waals surface area contributed by atoms with Crippen molar-refractivity contribution in [1.29, 1.82) is 0 Å². The second kappa shape index (κ2) is 7.50. The summed E-state index contributed by atoms with van der Waals surface area (Å²) in [7, 11) is 5.12. The Hall–Kier alpha value is -2.89. The Labute approximate surface area is 171 Å². The molecule has 1 atom stereocenters. The van der Waals surface area contributed by atoms with Crippen LogP contribution in [0.15, 0.2) is 24.3 Å². The third-order valence-corrected chi connectivity index (χ3v) is 5.81. The minimum atomic E-state index is -0.156. The lowest BCUT2D eigenvalue weighted by Crippen LogP contribution is -2.32. The number of H-pyrrole nitrogens is 1. The summed E-state index contributed by atoms with van der Waals surface area (Å²) in [6, 6.07) is 7.53. The first-order chi connectivity index (χ1) is 13.9. The molecule has 1 aliphatic heterocycles. The van der Waals surface area contributed by atoms with Crippen LogP contribution in [-0.2, 0) is 0 Å². The van der Waals surface area contributed by atoms with Gasteiger partial charge in [0.05, 0.1) is 13.0 Å². The monoisotopic (exact) mass is 394 g/mol. The number of rotatable bonds is 6. The Bertz CT molecular complexity index is 999. The summed E-state index contributed by atoms with van der Waals surface area (Å²) in [6.07, 6.45) is 5.56. The quantitative estimate of drug-likeness (QED) is 0.765. The zero-order chi connectivity index (χ0) is 20.7. The molecule has 2 heterocycles. The van der Waals surface area contributed by atoms with Crippen LogP contribution < -0.4 is 4.74 Å². The van der Waals surface area contributed by atoms with Gasteiger partial charge >= 0.3 is 5.91 Å². The van der Waals surface area contributed by atoms with Gasteiger partial charge in [0.25, 0.3) is 5.91 Å². The number of hydrogen-bond donors (Lipinski definition) is 1. The molecule has 0 spiro atoms. The van der Waals surface area contributed by atoms with Gasteiger partial charge in [-0.3, -0.25) is 4.79 Å². The smallest absolute Gasteiger partial charge is 0.435 e. The normalized spacial score (nSPS) is 18.3. The van der Waals surface area contributed by atoms with Crippen LogP contribution >= 0.6 is 0 Å². The molecule has 6 nitrogen and oxygen atoms in total. The number of aromatic amines is 1. The van der Waals surface area contributed by atoms with Crippen LogP contribution in [0.4, 0.5) is 0 Å². The zero-order valence-electron chi connectivity index (χ0n) is 17.5. The Morgan fingerprint density at radius 2 is 2.00 bits per heavy atom. The number of fused-ring (bicyclic) bond motifs is 1. The minimum absolute atomic E-state index is 0.0180. The number of carbonyl (C=O) groups excluding carboxylic acids is 2. The fourth-order valence-electron chi connectivity index (χ4n) is 4.03. The van der Waals surface area contributed by atoms with E-state index < -0.39 is 0 Å². The summed E-state index contributed by atoms with van der Waals surface area (Å²) in [5, 5.41) is 0. The maximum absolute atomic E-state index is 13.0. The van der Waals surface area contributed by atoms with Crippen LogP contribution in [0.3, 0.4) is 0 Å². The van der Waals surface area contributed by atoms with Gasteiger partial charge in [-0.05, 0) is 49.9 Å². The molecule has 1 fully saturated rings. The van der Waals surface area contributed by atoms with Crippen molar-refractivity contribution in [3.05, 3.63) is 52.3 Å². The largest absolute Gasteiger partial charge is 0.496 e. The number of aryl methyl sites for hydroxylation is 1. The van der Waals surface area contributed by atoms with Crippen LogP contribution in [0, 0.1) is 12.8 Å². The van der Waals surface area contributed by atoms with Crippen LogP contribution in [0.1, 0.15) is 62.8 Å². The molecule has 6 heteroatoms. The van der Waals surface area contributed by atoms with E-state index in [1.54, 1.807) is 32.2 Å². The maximum atomic E-state index is 13.0. The number of aromatic nitrogens is 1. The van der Waals surface area contributed by atoms with Gasteiger partial charge in [-0.2, -0.15) is 4.58 Å². The number of benzene rings is 1. The molecular weight excluding hydrogens is 366 g/mol. The Morgan fingerprint density at radius 1 is 1.24 bits per heavy atom. The summed E-state index contributed by atoms with van der Waals surface area (Å²) < 4.78 is 7.46. The van der Waals surface area contributed by atoms with Gasteiger partial charge in [-0.25, -0.2) is 4.79 Å². The number of methoxy groups -OCH3 is 1. The van der Waals surface area contributed by atoms with Crippen molar-refractivity contribution in [1.82, 2.24) is 9.88 Å². The first-order valence-electron chi connectivity index (χ1n) is 10.1. The molecule has 1 aromatic carbocycles. The van der Waals surface area contributed by atoms with Crippen molar-refractivity contribution in [2.45, 2.75) is 32.1 Å². The SMILES string of the molecule is COc1ccc(C(=O)N(C)C)cc1C1C=[N+](CCC2CC2)C(=O)c2[nH]c(C)cc21. The fraction of sp³-hybridized carbons (Fsp3) is 0.435. The lowest BCUT2D eigenvalue weighted by Gasteiger charge is -2.20. The third-order valence-electron chi connectivity index (χ3n) is 5.81. The second-order valence-corrected chi connectivity index (χ2v) is 8.30. The standard InChI is InChI=1S/C23H27N3O3/c1-14-11-18-19(13-26(10-9-15-5-6-15)23(28)21(18)24-14)17-12-16(22(27)25(2)3)7-8-20(17)29-4/h7-8,11-13,15,19H,5-6,9-10H2,1-4H3/p+1. The average Bonchev–Trinajstić information content (AvgIpc) is 3.45. The lowest BCUT2D eigenvalue weighted by molar-refractivity contribution is -0.428. The molecule has 4 rings (SSSR count). The molecule has 2 aromatic rings. The van der Waals surface area contributed by atoms with Gasteiger partial charge in [-0.1, -0.05) is 0 Å². The van der Waals surface area contributed by atoms with Crippen molar-refractivity contribution in [2.75, 3.05) is 27.7 Å². The number of nitrogens with zero attached hydrogens (tertiary/aromatic N) is 2. The van der Waals surface area contributed by atoms with Crippen molar-refractivity contribution >= 4 is 18.0 Å². The van der Waals surface area contributed by atoms with E-state index in [9.17, 15) is 9.59 Å². The van der Waals surface area contributed by atoms with E-state index in [-0.39, 0.29) is 17.7 Å². The van der Waals surface area contributed by atoms with Crippen molar-refractivity contribution in [3.8, 4) is 5.75 Å². The fourth-order valence-corrected chi connectivity index (χ4v) is 4.03. The van der Waals surface area contributed by atoms with E-state index in [1.165, 1.54) is 12.8 Å². The molecule has 0 radical (unpaired) electrons. The lowest BCUT2D eigenvalue weighted by atomic mass is 9.88. The Kier molecular flexibility index (Phi) is 5.03.